The van der Waals surface area contributed by atoms with Gasteiger partial charge in [-0.2, -0.15) is 0 Å². The van der Waals surface area contributed by atoms with Crippen molar-refractivity contribution in [2.45, 2.75) is 44.0 Å². The molecule has 3 aromatic carbocycles. The number of fused-ring (bicyclic) bond motifs is 13. The maximum absolute atomic E-state index is 13.3. The number of hydrogen-bond acceptors (Lipinski definition) is 4. The molecule has 3 aliphatic heterocycles. The van der Waals surface area contributed by atoms with Crippen molar-refractivity contribution in [2.24, 2.45) is 0 Å². The number of nitrogens with one attached hydrogen (secondary N) is 2. The molecular formula is C28H26N4O3. The van der Waals surface area contributed by atoms with E-state index in [1.54, 1.807) is 7.11 Å². The lowest BCUT2D eigenvalue weighted by atomic mass is 9.94. The summed E-state index contributed by atoms with van der Waals surface area (Å²) in [5.74, 6) is 0.00259. The summed E-state index contributed by atoms with van der Waals surface area (Å²) in [7, 11) is 3.77. The van der Waals surface area contributed by atoms with Crippen molar-refractivity contribution in [3.05, 3.63) is 59.7 Å². The molecular weight excluding hydrogens is 440 g/mol. The van der Waals surface area contributed by atoms with Crippen LogP contribution in [-0.2, 0) is 21.7 Å². The number of methoxy groups -OCH3 is 1. The Morgan fingerprint density at radius 1 is 1.06 bits per heavy atom. The van der Waals surface area contributed by atoms with Gasteiger partial charge in [-0.25, -0.2) is 0 Å². The number of para-hydroxylation sites is 2. The number of likely N-dealkylation sites (N-methyl/N-ethyl adjacent to an activating group) is 1. The molecule has 2 N–H and O–H groups in total. The normalized spacial score (nSPS) is 27.3. The zero-order valence-electron chi connectivity index (χ0n) is 19.9. The molecule has 5 aromatic rings. The average molecular weight is 467 g/mol. The van der Waals surface area contributed by atoms with Crippen molar-refractivity contribution in [2.75, 3.05) is 14.2 Å². The maximum atomic E-state index is 13.3. The second kappa shape index (κ2) is 6.43. The number of benzene rings is 3. The zero-order valence-corrected chi connectivity index (χ0v) is 19.9. The predicted octanol–water partition coefficient (Wildman–Crippen LogP) is 4.35. The minimum absolute atomic E-state index is 0.00259. The first kappa shape index (κ1) is 19.9. The summed E-state index contributed by atoms with van der Waals surface area (Å²) in [4.78, 5) is 13.3. The zero-order chi connectivity index (χ0) is 23.6. The third-order valence-electron chi connectivity index (χ3n) is 8.54. The molecule has 0 saturated carbocycles. The highest BCUT2D eigenvalue weighted by atomic mass is 16.6. The van der Waals surface area contributed by atoms with Crippen LogP contribution in [0.2, 0.25) is 0 Å². The molecule has 3 aliphatic rings. The van der Waals surface area contributed by atoms with E-state index in [-0.39, 0.29) is 24.3 Å². The van der Waals surface area contributed by atoms with Gasteiger partial charge in [0.15, 0.2) is 6.23 Å². The second-order valence-electron chi connectivity index (χ2n) is 10.2. The minimum atomic E-state index is -0.634. The van der Waals surface area contributed by atoms with Crippen LogP contribution in [0.5, 0.6) is 0 Å². The Labute approximate surface area is 201 Å². The van der Waals surface area contributed by atoms with Crippen molar-refractivity contribution < 1.29 is 14.3 Å². The number of carbonyl (C=O) groups is 1. The summed E-state index contributed by atoms with van der Waals surface area (Å²) in [5, 5.41) is 11.0. The van der Waals surface area contributed by atoms with E-state index in [2.05, 4.69) is 75.2 Å². The molecule has 7 nitrogen and oxygen atoms in total. The Kier molecular flexibility index (Phi) is 3.65. The highest BCUT2D eigenvalue weighted by molar-refractivity contribution is 6.31. The molecule has 4 atom stereocenters. The second-order valence-corrected chi connectivity index (χ2v) is 10.2. The van der Waals surface area contributed by atoms with E-state index in [0.29, 0.717) is 6.54 Å². The molecule has 176 valence electrons. The van der Waals surface area contributed by atoms with Crippen molar-refractivity contribution in [3.63, 3.8) is 0 Å². The first-order valence-corrected chi connectivity index (χ1v) is 12.2. The van der Waals surface area contributed by atoms with Crippen LogP contribution in [0, 0.1) is 0 Å². The van der Waals surface area contributed by atoms with Crippen LogP contribution < -0.4 is 10.6 Å². The monoisotopic (exact) mass is 466 g/mol. The Balaban J connectivity index is 1.72. The van der Waals surface area contributed by atoms with Crippen LogP contribution in [0.3, 0.4) is 0 Å². The molecule has 0 radical (unpaired) electrons. The molecule has 1 fully saturated rings. The third kappa shape index (κ3) is 2.16. The molecule has 7 heteroatoms. The standard InChI is InChI=1S/C28H26N4O3/c1-28-12-17(29-2)25(34-3)27(35-28)31-18-10-6-4-8-14(18)20-16-13-30-26(33)22(16)21-15-9-5-7-11-19(15)32(28)24(21)23(20)31/h4-11,17,25,27,29H,12-13H2,1-3H3,(H,30,33)/t17-,25-,27-,28+/m0/s1. The number of aromatic nitrogens is 2. The molecule has 5 heterocycles. The van der Waals surface area contributed by atoms with E-state index in [1.807, 2.05) is 7.05 Å². The summed E-state index contributed by atoms with van der Waals surface area (Å²) in [6.07, 6.45) is 0.231. The van der Waals surface area contributed by atoms with Gasteiger partial charge in [0, 0.05) is 47.7 Å². The van der Waals surface area contributed by atoms with Crippen molar-refractivity contribution in [3.8, 4) is 0 Å². The van der Waals surface area contributed by atoms with E-state index in [4.69, 9.17) is 9.47 Å². The fourth-order valence-corrected chi connectivity index (χ4v) is 7.22. The van der Waals surface area contributed by atoms with Crippen LogP contribution in [0.4, 0.5) is 0 Å². The minimum Gasteiger partial charge on any atom is -0.375 e. The van der Waals surface area contributed by atoms with E-state index in [9.17, 15) is 4.79 Å². The number of carbonyl (C=O) groups excluding carboxylic acids is 1. The van der Waals surface area contributed by atoms with Gasteiger partial charge in [0.2, 0.25) is 0 Å². The molecule has 1 saturated heterocycles. The van der Waals surface area contributed by atoms with E-state index in [1.165, 1.54) is 0 Å². The van der Waals surface area contributed by atoms with Crippen molar-refractivity contribution in [1.82, 2.24) is 19.8 Å². The highest BCUT2D eigenvalue weighted by Gasteiger charge is 2.51. The molecule has 2 bridgehead atoms. The summed E-state index contributed by atoms with van der Waals surface area (Å²) in [6, 6.07) is 17.0. The number of nitrogens with zero attached hydrogens (tertiary/aromatic N) is 2. The molecule has 35 heavy (non-hydrogen) atoms. The quantitative estimate of drug-likeness (QED) is 0.406. The van der Waals surface area contributed by atoms with Crippen LogP contribution in [0.1, 0.15) is 35.5 Å². The summed E-state index contributed by atoms with van der Waals surface area (Å²) in [5.41, 5.74) is 5.63. The summed E-state index contributed by atoms with van der Waals surface area (Å²) >= 11 is 0. The predicted molar refractivity (Wildman–Crippen MR) is 136 cm³/mol. The van der Waals surface area contributed by atoms with Crippen LogP contribution in [0.15, 0.2) is 48.5 Å². The first-order chi connectivity index (χ1) is 17.1. The number of rotatable bonds is 2. The van der Waals surface area contributed by atoms with Crippen LogP contribution >= 0.6 is 0 Å². The average Bonchev–Trinajstić information content (AvgIpc) is 3.51. The van der Waals surface area contributed by atoms with Gasteiger partial charge in [0.25, 0.3) is 5.91 Å². The fraction of sp³-hybridized carbons (Fsp3) is 0.321. The Morgan fingerprint density at radius 3 is 2.51 bits per heavy atom. The van der Waals surface area contributed by atoms with Crippen molar-refractivity contribution in [1.29, 1.82) is 0 Å². The Hall–Kier alpha value is -3.39. The lowest BCUT2D eigenvalue weighted by Gasteiger charge is -2.47. The van der Waals surface area contributed by atoms with E-state index < -0.39 is 5.72 Å². The van der Waals surface area contributed by atoms with Crippen LogP contribution in [-0.4, -0.2) is 41.3 Å². The van der Waals surface area contributed by atoms with Crippen LogP contribution in [0.25, 0.3) is 43.6 Å². The topological polar surface area (TPSA) is 69.5 Å². The van der Waals surface area contributed by atoms with Gasteiger partial charge in [0.1, 0.15) is 11.8 Å². The largest absolute Gasteiger partial charge is 0.375 e. The van der Waals surface area contributed by atoms with Gasteiger partial charge in [-0.15, -0.1) is 0 Å². The fourth-order valence-electron chi connectivity index (χ4n) is 7.22. The van der Waals surface area contributed by atoms with E-state index in [0.717, 1.165) is 61.2 Å². The molecule has 0 unspecified atom stereocenters. The molecule has 8 rings (SSSR count). The molecule has 0 aliphatic carbocycles. The van der Waals surface area contributed by atoms with Gasteiger partial charge in [-0.1, -0.05) is 36.4 Å². The SMILES string of the molecule is CN[C@H]1C[C@@]2(C)O[C@@H]([C@H]1OC)n1c3ccccc3c3c4c(c5c6ccccc6n2c5c31)C(=O)NC4. The van der Waals surface area contributed by atoms with Gasteiger partial charge in [-0.05, 0) is 31.7 Å². The third-order valence-corrected chi connectivity index (χ3v) is 8.54. The summed E-state index contributed by atoms with van der Waals surface area (Å²) < 4.78 is 17.9. The maximum Gasteiger partial charge on any atom is 0.252 e. The smallest absolute Gasteiger partial charge is 0.252 e. The highest BCUT2D eigenvalue weighted by Crippen LogP contribution is 2.53. The van der Waals surface area contributed by atoms with Gasteiger partial charge in [0.05, 0.1) is 27.6 Å². The molecule has 0 spiro atoms. The van der Waals surface area contributed by atoms with E-state index >= 15 is 0 Å². The number of amides is 1. The lowest BCUT2D eigenvalue weighted by Crippen LogP contribution is -2.56. The Morgan fingerprint density at radius 2 is 1.77 bits per heavy atom. The molecule has 2 aromatic heterocycles. The summed E-state index contributed by atoms with van der Waals surface area (Å²) in [6.45, 7) is 2.71. The van der Waals surface area contributed by atoms with Gasteiger partial charge < -0.3 is 29.2 Å². The number of ether oxygens (including phenoxy) is 2. The Bertz CT molecular complexity index is 1750. The van der Waals surface area contributed by atoms with Gasteiger partial charge >= 0.3 is 0 Å². The number of hydrogen-bond donors (Lipinski definition) is 2. The molecule has 1 amide bonds. The van der Waals surface area contributed by atoms with Gasteiger partial charge in [-0.3, -0.25) is 4.79 Å². The lowest BCUT2D eigenvalue weighted by molar-refractivity contribution is -0.242. The first-order valence-electron chi connectivity index (χ1n) is 12.2. The van der Waals surface area contributed by atoms with Crippen molar-refractivity contribution >= 4 is 49.5 Å².